The number of rotatable bonds is 2. The Bertz CT molecular complexity index is 150. The van der Waals surface area contributed by atoms with Crippen LogP contribution in [0.4, 0.5) is 4.39 Å². The van der Waals surface area contributed by atoms with Crippen molar-refractivity contribution in [2.75, 3.05) is 26.4 Å². The first-order valence-electron chi connectivity index (χ1n) is 4.42. The number of hydrogen-bond acceptors (Lipinski definition) is 3. The summed E-state index contributed by atoms with van der Waals surface area (Å²) in [6.07, 6.45) is 0.147. The maximum atomic E-state index is 13.0. The fourth-order valence-corrected chi connectivity index (χ4v) is 1.65. The smallest absolute Gasteiger partial charge is 0.141 e. The van der Waals surface area contributed by atoms with Crippen LogP contribution in [0.5, 0.6) is 0 Å². The molecule has 2 fully saturated rings. The lowest BCUT2D eigenvalue weighted by Crippen LogP contribution is -2.43. The summed E-state index contributed by atoms with van der Waals surface area (Å²) >= 11 is 0. The molecule has 3 nitrogen and oxygen atoms in total. The minimum absolute atomic E-state index is 0.114. The molecule has 3 atom stereocenters. The molecular formula is C8H14FNO2. The number of ether oxygens (including phenoxy) is 2. The molecule has 0 amide bonds. The Labute approximate surface area is 71.2 Å². The van der Waals surface area contributed by atoms with Gasteiger partial charge in [0.25, 0.3) is 0 Å². The normalized spacial score (nSPS) is 42.2. The van der Waals surface area contributed by atoms with Crippen molar-refractivity contribution >= 4 is 0 Å². The second-order valence-electron chi connectivity index (χ2n) is 3.39. The van der Waals surface area contributed by atoms with E-state index in [0.29, 0.717) is 19.3 Å². The maximum absolute atomic E-state index is 13.0. The van der Waals surface area contributed by atoms with Crippen LogP contribution in [-0.2, 0) is 9.47 Å². The predicted molar refractivity (Wildman–Crippen MR) is 41.9 cm³/mol. The first-order valence-corrected chi connectivity index (χ1v) is 4.42. The van der Waals surface area contributed by atoms with Crippen LogP contribution in [0.2, 0.25) is 0 Å². The van der Waals surface area contributed by atoms with Gasteiger partial charge in [0.1, 0.15) is 6.17 Å². The topological polar surface area (TPSA) is 30.5 Å². The van der Waals surface area contributed by atoms with Crippen LogP contribution >= 0.6 is 0 Å². The van der Waals surface area contributed by atoms with E-state index in [1.54, 1.807) is 0 Å². The summed E-state index contributed by atoms with van der Waals surface area (Å²) < 4.78 is 23.2. The largest absolute Gasteiger partial charge is 0.380 e. The quantitative estimate of drug-likeness (QED) is 0.645. The van der Waals surface area contributed by atoms with E-state index < -0.39 is 6.17 Å². The Hall–Kier alpha value is -0.190. The van der Waals surface area contributed by atoms with Gasteiger partial charge in [-0.2, -0.15) is 0 Å². The van der Waals surface area contributed by atoms with Gasteiger partial charge in [0.2, 0.25) is 0 Å². The highest BCUT2D eigenvalue weighted by molar-refractivity contribution is 4.85. The van der Waals surface area contributed by atoms with Gasteiger partial charge in [-0.3, -0.25) is 0 Å². The van der Waals surface area contributed by atoms with Gasteiger partial charge < -0.3 is 14.8 Å². The fraction of sp³-hybridized carbons (Fsp3) is 1.00. The van der Waals surface area contributed by atoms with Crippen molar-refractivity contribution in [1.82, 2.24) is 5.32 Å². The Morgan fingerprint density at radius 1 is 1.17 bits per heavy atom. The van der Waals surface area contributed by atoms with Crippen molar-refractivity contribution in [3.05, 3.63) is 0 Å². The molecule has 1 N–H and O–H groups in total. The molecule has 0 aromatic rings. The van der Waals surface area contributed by atoms with Crippen molar-refractivity contribution in [1.29, 1.82) is 0 Å². The Kier molecular flexibility index (Phi) is 2.58. The van der Waals surface area contributed by atoms with Gasteiger partial charge in [-0.25, -0.2) is 4.39 Å². The van der Waals surface area contributed by atoms with E-state index >= 15 is 0 Å². The van der Waals surface area contributed by atoms with Crippen LogP contribution in [-0.4, -0.2) is 44.7 Å². The third kappa shape index (κ3) is 1.76. The van der Waals surface area contributed by atoms with Crippen molar-refractivity contribution < 1.29 is 13.9 Å². The molecule has 0 saturated carbocycles. The second-order valence-corrected chi connectivity index (χ2v) is 3.39. The molecule has 70 valence electrons. The molecule has 0 aromatic heterocycles. The molecule has 0 aliphatic carbocycles. The van der Waals surface area contributed by atoms with Crippen LogP contribution < -0.4 is 5.32 Å². The van der Waals surface area contributed by atoms with E-state index in [0.717, 1.165) is 13.0 Å². The summed E-state index contributed by atoms with van der Waals surface area (Å²) in [7, 11) is 0. The van der Waals surface area contributed by atoms with E-state index in [-0.39, 0.29) is 12.6 Å². The lowest BCUT2D eigenvalue weighted by molar-refractivity contribution is 0.171. The lowest BCUT2D eigenvalue weighted by Gasteiger charge is -2.17. The molecule has 1 unspecified atom stereocenters. The number of hydrogen-bond donors (Lipinski definition) is 1. The average Bonchev–Trinajstić information content (AvgIpc) is 2.65. The molecule has 0 bridgehead atoms. The Morgan fingerprint density at radius 3 is 2.67 bits per heavy atom. The van der Waals surface area contributed by atoms with Crippen LogP contribution in [0, 0.1) is 0 Å². The molecule has 2 saturated heterocycles. The van der Waals surface area contributed by atoms with E-state index in [2.05, 4.69) is 5.32 Å². The van der Waals surface area contributed by atoms with Gasteiger partial charge in [0.15, 0.2) is 0 Å². The SMILES string of the molecule is F[C@@H]1COC[C@H]1NC1CCOC1. The zero-order chi connectivity index (χ0) is 8.39. The lowest BCUT2D eigenvalue weighted by atomic mass is 10.2. The van der Waals surface area contributed by atoms with Gasteiger partial charge in [-0.1, -0.05) is 0 Å². The van der Waals surface area contributed by atoms with Crippen LogP contribution in [0.3, 0.4) is 0 Å². The summed E-state index contributed by atoms with van der Waals surface area (Å²) in [5, 5.41) is 3.20. The van der Waals surface area contributed by atoms with Gasteiger partial charge in [-0.05, 0) is 6.42 Å². The van der Waals surface area contributed by atoms with Crippen molar-refractivity contribution in [2.24, 2.45) is 0 Å². The third-order valence-corrected chi connectivity index (χ3v) is 2.39. The van der Waals surface area contributed by atoms with Gasteiger partial charge >= 0.3 is 0 Å². The standard InChI is InChI=1S/C8H14FNO2/c9-7-4-12-5-8(7)10-6-1-2-11-3-6/h6-8,10H,1-5H2/t6?,7-,8-/m1/s1. The van der Waals surface area contributed by atoms with E-state index in [4.69, 9.17) is 9.47 Å². The van der Waals surface area contributed by atoms with Crippen LogP contribution in [0.15, 0.2) is 0 Å². The number of halogens is 1. The van der Waals surface area contributed by atoms with E-state index in [1.165, 1.54) is 0 Å². The summed E-state index contributed by atoms with van der Waals surface area (Å²) in [5.74, 6) is 0. The first kappa shape index (κ1) is 8.41. The zero-order valence-corrected chi connectivity index (χ0v) is 6.96. The molecule has 0 radical (unpaired) electrons. The number of alkyl halides is 1. The van der Waals surface area contributed by atoms with Crippen molar-refractivity contribution in [3.8, 4) is 0 Å². The Morgan fingerprint density at radius 2 is 2.08 bits per heavy atom. The second kappa shape index (κ2) is 3.68. The van der Waals surface area contributed by atoms with Gasteiger partial charge in [-0.15, -0.1) is 0 Å². The summed E-state index contributed by atoms with van der Waals surface area (Å²) in [6, 6.07) is 0.214. The highest BCUT2D eigenvalue weighted by atomic mass is 19.1. The summed E-state index contributed by atoms with van der Waals surface area (Å²) in [5.41, 5.74) is 0. The molecule has 2 aliphatic rings. The molecular weight excluding hydrogens is 161 g/mol. The highest BCUT2D eigenvalue weighted by Crippen LogP contribution is 2.12. The molecule has 4 heteroatoms. The molecule has 0 aromatic carbocycles. The minimum Gasteiger partial charge on any atom is -0.380 e. The monoisotopic (exact) mass is 175 g/mol. The first-order chi connectivity index (χ1) is 5.86. The minimum atomic E-state index is -0.842. The van der Waals surface area contributed by atoms with Gasteiger partial charge in [0, 0.05) is 12.6 Å². The molecule has 12 heavy (non-hydrogen) atoms. The average molecular weight is 175 g/mol. The van der Waals surface area contributed by atoms with Crippen molar-refractivity contribution in [2.45, 2.75) is 24.7 Å². The molecule has 2 heterocycles. The van der Waals surface area contributed by atoms with E-state index in [9.17, 15) is 4.39 Å². The molecule has 0 spiro atoms. The zero-order valence-electron chi connectivity index (χ0n) is 6.96. The summed E-state index contributed by atoms with van der Waals surface area (Å²) in [6.45, 7) is 2.24. The highest BCUT2D eigenvalue weighted by Gasteiger charge is 2.30. The third-order valence-electron chi connectivity index (χ3n) is 2.39. The molecule has 2 aliphatic heterocycles. The van der Waals surface area contributed by atoms with Crippen LogP contribution in [0.25, 0.3) is 0 Å². The van der Waals surface area contributed by atoms with E-state index in [1.807, 2.05) is 0 Å². The Balaban J connectivity index is 1.77. The number of nitrogens with one attached hydrogen (secondary N) is 1. The summed E-state index contributed by atoms with van der Waals surface area (Å²) in [4.78, 5) is 0. The van der Waals surface area contributed by atoms with Crippen molar-refractivity contribution in [3.63, 3.8) is 0 Å². The predicted octanol–water partition coefficient (Wildman–Crippen LogP) is 0.102. The van der Waals surface area contributed by atoms with Gasteiger partial charge in [0.05, 0.1) is 25.9 Å². The molecule has 2 rings (SSSR count). The fourth-order valence-electron chi connectivity index (χ4n) is 1.65. The maximum Gasteiger partial charge on any atom is 0.141 e. The van der Waals surface area contributed by atoms with Crippen LogP contribution in [0.1, 0.15) is 6.42 Å².